The number of carbonyl (C=O) groups is 3. The normalized spacial score (nSPS) is 18.4. The summed E-state index contributed by atoms with van der Waals surface area (Å²) in [5, 5.41) is 8.77. The Morgan fingerprint density at radius 3 is 1.96 bits per heavy atom. The molecule has 8 heteroatoms. The van der Waals surface area contributed by atoms with E-state index in [1.54, 1.807) is 48.5 Å². The maximum absolute atomic E-state index is 12.3. The van der Waals surface area contributed by atoms with Crippen molar-refractivity contribution in [3.63, 3.8) is 0 Å². The lowest BCUT2D eigenvalue weighted by Crippen LogP contribution is -2.45. The summed E-state index contributed by atoms with van der Waals surface area (Å²) in [5.41, 5.74) is 0.786. The third kappa shape index (κ3) is 4.16. The second-order valence-electron chi connectivity index (χ2n) is 6.42. The van der Waals surface area contributed by atoms with Crippen molar-refractivity contribution in [3.8, 4) is 0 Å². The first-order valence-electron chi connectivity index (χ1n) is 8.76. The molecule has 0 radical (unpaired) electrons. The van der Waals surface area contributed by atoms with E-state index in [-0.39, 0.29) is 5.97 Å². The number of rotatable bonds is 4. The van der Waals surface area contributed by atoms with Gasteiger partial charge in [0, 0.05) is 16.4 Å². The number of amides is 2. The molecular weight excluding hydrogens is 382 g/mol. The van der Waals surface area contributed by atoms with Gasteiger partial charge in [0.15, 0.2) is 0 Å². The molecular formula is C20H20ClN3O4. The minimum atomic E-state index is -0.872. The van der Waals surface area contributed by atoms with Crippen molar-refractivity contribution in [1.82, 2.24) is 5.32 Å². The third-order valence-corrected chi connectivity index (χ3v) is 4.89. The highest BCUT2D eigenvalue weighted by Crippen LogP contribution is 2.32. The van der Waals surface area contributed by atoms with E-state index in [0.29, 0.717) is 22.8 Å². The lowest BCUT2D eigenvalue weighted by atomic mass is 9.88. The van der Waals surface area contributed by atoms with Gasteiger partial charge in [-0.05, 0) is 61.3 Å². The number of hydrogen-bond donors (Lipinski definition) is 3. The molecule has 1 atom stereocenters. The molecule has 3 rings (SSSR count). The van der Waals surface area contributed by atoms with Crippen LogP contribution in [0.1, 0.15) is 18.4 Å². The number of nitrogens with one attached hydrogen (secondary N) is 3. The van der Waals surface area contributed by atoms with Crippen molar-refractivity contribution in [2.45, 2.75) is 18.4 Å². The molecule has 2 aromatic rings. The Morgan fingerprint density at radius 2 is 1.50 bits per heavy atom. The SMILES string of the molecule is COC(=O)C1(c2ccc(NC(=O)C(=O)Nc3ccc(Cl)cc3)cc2)CCCN1. The maximum atomic E-state index is 12.3. The standard InChI is InChI=1S/C20H20ClN3O4/c1-28-19(27)20(11-2-12-22-20)13-3-7-15(8-4-13)23-17(25)18(26)24-16-9-5-14(21)6-10-16/h3-10,22H,2,11-12H2,1H3,(H,23,25)(H,24,26). The molecule has 1 heterocycles. The Bertz CT molecular complexity index is 875. The summed E-state index contributed by atoms with van der Waals surface area (Å²) < 4.78 is 4.95. The van der Waals surface area contributed by atoms with Crippen LogP contribution in [0, 0.1) is 0 Å². The van der Waals surface area contributed by atoms with Crippen LogP contribution in [-0.4, -0.2) is 31.4 Å². The monoisotopic (exact) mass is 401 g/mol. The maximum Gasteiger partial charge on any atom is 0.330 e. The van der Waals surface area contributed by atoms with E-state index in [2.05, 4.69) is 16.0 Å². The largest absolute Gasteiger partial charge is 0.467 e. The summed E-state index contributed by atoms with van der Waals surface area (Å²) in [6.07, 6.45) is 1.49. The van der Waals surface area contributed by atoms with Crippen molar-refractivity contribution in [1.29, 1.82) is 0 Å². The highest BCUT2D eigenvalue weighted by molar-refractivity contribution is 6.43. The van der Waals surface area contributed by atoms with Crippen molar-refractivity contribution in [2.75, 3.05) is 24.3 Å². The predicted octanol–water partition coefficient (Wildman–Crippen LogP) is 2.67. The molecule has 1 unspecified atom stereocenters. The fraction of sp³-hybridized carbons (Fsp3) is 0.250. The average molecular weight is 402 g/mol. The van der Waals surface area contributed by atoms with Crippen molar-refractivity contribution in [2.24, 2.45) is 0 Å². The Labute approximate surface area is 167 Å². The predicted molar refractivity (Wildman–Crippen MR) is 106 cm³/mol. The topological polar surface area (TPSA) is 96.5 Å². The zero-order valence-corrected chi connectivity index (χ0v) is 16.0. The number of esters is 1. The third-order valence-electron chi connectivity index (χ3n) is 4.63. The van der Waals surface area contributed by atoms with Crippen LogP contribution in [0.25, 0.3) is 0 Å². The van der Waals surface area contributed by atoms with Crippen molar-refractivity contribution >= 4 is 40.8 Å². The lowest BCUT2D eigenvalue weighted by molar-refractivity contribution is -0.148. The Kier molecular flexibility index (Phi) is 5.96. The molecule has 28 heavy (non-hydrogen) atoms. The summed E-state index contributed by atoms with van der Waals surface area (Å²) in [4.78, 5) is 36.4. The quantitative estimate of drug-likeness (QED) is 0.540. The van der Waals surface area contributed by atoms with Gasteiger partial charge in [0.2, 0.25) is 0 Å². The molecule has 0 saturated carbocycles. The van der Waals surface area contributed by atoms with Crippen LogP contribution < -0.4 is 16.0 Å². The molecule has 7 nitrogen and oxygen atoms in total. The van der Waals surface area contributed by atoms with Crippen LogP contribution in [0.4, 0.5) is 11.4 Å². The highest BCUT2D eigenvalue weighted by atomic mass is 35.5. The van der Waals surface area contributed by atoms with E-state index in [4.69, 9.17) is 16.3 Å². The van der Waals surface area contributed by atoms with E-state index in [1.807, 2.05) is 0 Å². The molecule has 2 aromatic carbocycles. The van der Waals surface area contributed by atoms with Gasteiger partial charge in [-0.3, -0.25) is 14.9 Å². The van der Waals surface area contributed by atoms with Crippen LogP contribution in [0.15, 0.2) is 48.5 Å². The first-order chi connectivity index (χ1) is 13.4. The number of anilines is 2. The molecule has 1 fully saturated rings. The number of hydrogen-bond acceptors (Lipinski definition) is 5. The summed E-state index contributed by atoms with van der Waals surface area (Å²) >= 11 is 5.79. The first-order valence-corrected chi connectivity index (χ1v) is 9.14. The highest BCUT2D eigenvalue weighted by Gasteiger charge is 2.43. The molecule has 146 valence electrons. The van der Waals surface area contributed by atoms with E-state index in [1.165, 1.54) is 7.11 Å². The zero-order chi connectivity index (χ0) is 20.1. The minimum Gasteiger partial charge on any atom is -0.467 e. The number of methoxy groups -OCH3 is 1. The Balaban J connectivity index is 1.66. The summed E-state index contributed by atoms with van der Waals surface area (Å²) in [6.45, 7) is 0.721. The van der Waals surface area contributed by atoms with Crippen LogP contribution in [0.5, 0.6) is 0 Å². The molecule has 2 amide bonds. The van der Waals surface area contributed by atoms with Gasteiger partial charge in [-0.25, -0.2) is 4.79 Å². The van der Waals surface area contributed by atoms with Gasteiger partial charge in [0.25, 0.3) is 0 Å². The average Bonchev–Trinajstić information content (AvgIpc) is 3.20. The first kappa shape index (κ1) is 19.9. The summed E-state index contributed by atoms with van der Waals surface area (Å²) in [7, 11) is 1.36. The number of benzene rings is 2. The molecule has 0 aliphatic carbocycles. The number of carbonyl (C=O) groups excluding carboxylic acids is 3. The van der Waals surface area contributed by atoms with Gasteiger partial charge < -0.3 is 15.4 Å². The Hall–Kier alpha value is -2.90. The Morgan fingerprint density at radius 1 is 0.964 bits per heavy atom. The minimum absolute atomic E-state index is 0.343. The molecule has 1 saturated heterocycles. The van der Waals surface area contributed by atoms with Crippen LogP contribution in [0.3, 0.4) is 0 Å². The van der Waals surface area contributed by atoms with E-state index in [9.17, 15) is 14.4 Å². The summed E-state index contributed by atoms with van der Waals surface area (Å²) in [5.74, 6) is -1.94. The van der Waals surface area contributed by atoms with Gasteiger partial charge in [0.1, 0.15) is 5.54 Å². The van der Waals surface area contributed by atoms with Gasteiger partial charge in [0.05, 0.1) is 7.11 Å². The number of halogens is 1. The van der Waals surface area contributed by atoms with Crippen LogP contribution in [-0.2, 0) is 24.7 Å². The molecule has 1 aliphatic heterocycles. The molecule has 0 aromatic heterocycles. The zero-order valence-electron chi connectivity index (χ0n) is 15.3. The van der Waals surface area contributed by atoms with E-state index >= 15 is 0 Å². The summed E-state index contributed by atoms with van der Waals surface area (Å²) in [6, 6.07) is 13.2. The van der Waals surface area contributed by atoms with Crippen LogP contribution in [0.2, 0.25) is 5.02 Å². The van der Waals surface area contributed by atoms with Crippen molar-refractivity contribution in [3.05, 3.63) is 59.1 Å². The van der Waals surface area contributed by atoms with Gasteiger partial charge in [-0.2, -0.15) is 0 Å². The van der Waals surface area contributed by atoms with E-state index in [0.717, 1.165) is 18.5 Å². The van der Waals surface area contributed by atoms with E-state index < -0.39 is 17.4 Å². The second-order valence-corrected chi connectivity index (χ2v) is 6.86. The fourth-order valence-electron chi connectivity index (χ4n) is 3.20. The number of ether oxygens (including phenoxy) is 1. The fourth-order valence-corrected chi connectivity index (χ4v) is 3.33. The molecule has 1 aliphatic rings. The lowest BCUT2D eigenvalue weighted by Gasteiger charge is -2.27. The molecule has 0 spiro atoms. The van der Waals surface area contributed by atoms with Gasteiger partial charge in [-0.1, -0.05) is 23.7 Å². The van der Waals surface area contributed by atoms with Gasteiger partial charge >= 0.3 is 17.8 Å². The molecule has 0 bridgehead atoms. The van der Waals surface area contributed by atoms with Gasteiger partial charge in [-0.15, -0.1) is 0 Å². The molecule has 3 N–H and O–H groups in total. The smallest absolute Gasteiger partial charge is 0.330 e. The second kappa shape index (κ2) is 8.41. The van der Waals surface area contributed by atoms with Crippen LogP contribution >= 0.6 is 11.6 Å². The van der Waals surface area contributed by atoms with Crippen molar-refractivity contribution < 1.29 is 19.1 Å².